The van der Waals surface area contributed by atoms with Gasteiger partial charge in [0.05, 0.1) is 20.1 Å². The molecule has 1 aliphatic rings. The third-order valence-corrected chi connectivity index (χ3v) is 3.54. The summed E-state index contributed by atoms with van der Waals surface area (Å²) in [5, 5.41) is 0. The van der Waals surface area contributed by atoms with Crippen molar-refractivity contribution in [2.24, 2.45) is 0 Å². The molecular formula is C15H21NO3. The molecule has 104 valence electrons. The molecule has 0 saturated carbocycles. The van der Waals surface area contributed by atoms with Crippen LogP contribution in [0.5, 0.6) is 5.75 Å². The molecule has 2 rings (SSSR count). The number of carbonyl (C=O) groups is 1. The standard InChI is InChI=1S/C15H21NO3/c1-16(9-7-15(17)18-2)11-12-8-10-19-14-6-4-3-5-13(12)14/h3-6,12H,7-11H2,1-2H3. The van der Waals surface area contributed by atoms with Crippen LogP contribution in [0.1, 0.15) is 24.3 Å². The molecule has 0 radical (unpaired) electrons. The molecule has 4 nitrogen and oxygen atoms in total. The Morgan fingerprint density at radius 3 is 3.05 bits per heavy atom. The molecule has 1 aromatic rings. The molecule has 1 aromatic carbocycles. The van der Waals surface area contributed by atoms with Gasteiger partial charge >= 0.3 is 5.97 Å². The van der Waals surface area contributed by atoms with Crippen LogP contribution in [0.25, 0.3) is 0 Å². The Morgan fingerprint density at radius 2 is 2.26 bits per heavy atom. The van der Waals surface area contributed by atoms with Gasteiger partial charge in [0, 0.05) is 19.0 Å². The fraction of sp³-hybridized carbons (Fsp3) is 0.533. The Balaban J connectivity index is 1.91. The number of methoxy groups -OCH3 is 1. The van der Waals surface area contributed by atoms with E-state index in [0.29, 0.717) is 12.3 Å². The van der Waals surface area contributed by atoms with Crippen LogP contribution >= 0.6 is 0 Å². The zero-order valence-corrected chi connectivity index (χ0v) is 11.6. The molecule has 1 unspecified atom stereocenters. The Labute approximate surface area is 114 Å². The number of para-hydroxylation sites is 1. The van der Waals surface area contributed by atoms with Gasteiger partial charge in [-0.1, -0.05) is 18.2 Å². The normalized spacial score (nSPS) is 17.7. The van der Waals surface area contributed by atoms with Crippen LogP contribution in [-0.2, 0) is 9.53 Å². The molecule has 0 aliphatic carbocycles. The summed E-state index contributed by atoms with van der Waals surface area (Å²) >= 11 is 0. The number of fused-ring (bicyclic) bond motifs is 1. The van der Waals surface area contributed by atoms with E-state index in [4.69, 9.17) is 4.74 Å². The number of hydrogen-bond donors (Lipinski definition) is 0. The van der Waals surface area contributed by atoms with Crippen molar-refractivity contribution in [3.05, 3.63) is 29.8 Å². The molecule has 0 bridgehead atoms. The summed E-state index contributed by atoms with van der Waals surface area (Å²) in [6.07, 6.45) is 1.47. The highest BCUT2D eigenvalue weighted by molar-refractivity contribution is 5.69. The number of carbonyl (C=O) groups excluding carboxylic acids is 1. The minimum atomic E-state index is -0.153. The molecule has 0 saturated heterocycles. The predicted molar refractivity (Wildman–Crippen MR) is 73.4 cm³/mol. The van der Waals surface area contributed by atoms with Crippen molar-refractivity contribution in [3.8, 4) is 5.75 Å². The average molecular weight is 263 g/mol. The van der Waals surface area contributed by atoms with Crippen molar-refractivity contribution in [1.29, 1.82) is 0 Å². The maximum Gasteiger partial charge on any atom is 0.306 e. The number of esters is 1. The number of benzene rings is 1. The third kappa shape index (κ3) is 3.70. The van der Waals surface area contributed by atoms with Gasteiger partial charge in [-0.2, -0.15) is 0 Å². The van der Waals surface area contributed by atoms with E-state index in [2.05, 4.69) is 21.8 Å². The lowest BCUT2D eigenvalue weighted by Gasteiger charge is -2.29. The van der Waals surface area contributed by atoms with Gasteiger partial charge in [-0.3, -0.25) is 4.79 Å². The van der Waals surface area contributed by atoms with Crippen LogP contribution in [0.3, 0.4) is 0 Å². The SMILES string of the molecule is COC(=O)CCN(C)CC1CCOc2ccccc21. The van der Waals surface area contributed by atoms with Gasteiger partial charge in [0.1, 0.15) is 5.75 Å². The highest BCUT2D eigenvalue weighted by Gasteiger charge is 2.22. The first-order chi connectivity index (χ1) is 9.20. The smallest absolute Gasteiger partial charge is 0.306 e. The van der Waals surface area contributed by atoms with Crippen molar-refractivity contribution in [1.82, 2.24) is 4.90 Å². The van der Waals surface area contributed by atoms with Crippen molar-refractivity contribution in [2.45, 2.75) is 18.8 Å². The van der Waals surface area contributed by atoms with Crippen LogP contribution in [0.15, 0.2) is 24.3 Å². The molecule has 19 heavy (non-hydrogen) atoms. The highest BCUT2D eigenvalue weighted by Crippen LogP contribution is 2.33. The average Bonchev–Trinajstić information content (AvgIpc) is 2.45. The first-order valence-electron chi connectivity index (χ1n) is 6.68. The lowest BCUT2D eigenvalue weighted by molar-refractivity contribution is -0.140. The van der Waals surface area contributed by atoms with Crippen molar-refractivity contribution < 1.29 is 14.3 Å². The zero-order chi connectivity index (χ0) is 13.7. The minimum absolute atomic E-state index is 0.153. The molecule has 1 atom stereocenters. The summed E-state index contributed by atoms with van der Waals surface area (Å²) in [6, 6.07) is 8.21. The number of likely N-dealkylation sites (N-methyl/N-ethyl adjacent to an activating group) is 1. The summed E-state index contributed by atoms with van der Waals surface area (Å²) in [5.41, 5.74) is 1.28. The largest absolute Gasteiger partial charge is 0.493 e. The summed E-state index contributed by atoms with van der Waals surface area (Å²) in [7, 11) is 3.47. The van der Waals surface area contributed by atoms with E-state index >= 15 is 0 Å². The van der Waals surface area contributed by atoms with E-state index < -0.39 is 0 Å². The minimum Gasteiger partial charge on any atom is -0.493 e. The molecular weight excluding hydrogens is 242 g/mol. The number of ether oxygens (including phenoxy) is 2. The van der Waals surface area contributed by atoms with E-state index in [1.165, 1.54) is 12.7 Å². The Morgan fingerprint density at radius 1 is 1.47 bits per heavy atom. The van der Waals surface area contributed by atoms with E-state index in [-0.39, 0.29) is 5.97 Å². The molecule has 4 heteroatoms. The summed E-state index contributed by atoms with van der Waals surface area (Å²) < 4.78 is 10.3. The highest BCUT2D eigenvalue weighted by atomic mass is 16.5. The Hall–Kier alpha value is -1.55. The van der Waals surface area contributed by atoms with Gasteiger partial charge in [0.25, 0.3) is 0 Å². The van der Waals surface area contributed by atoms with Crippen molar-refractivity contribution >= 4 is 5.97 Å². The first-order valence-corrected chi connectivity index (χ1v) is 6.68. The summed E-state index contributed by atoms with van der Waals surface area (Å²) in [4.78, 5) is 13.3. The lowest BCUT2D eigenvalue weighted by Crippen LogP contribution is -2.29. The van der Waals surface area contributed by atoms with Gasteiger partial charge in [0.15, 0.2) is 0 Å². The van der Waals surface area contributed by atoms with E-state index in [9.17, 15) is 4.79 Å². The number of nitrogens with zero attached hydrogens (tertiary/aromatic N) is 1. The molecule has 0 spiro atoms. The van der Waals surface area contributed by atoms with Crippen LogP contribution < -0.4 is 4.74 Å². The maximum atomic E-state index is 11.1. The van der Waals surface area contributed by atoms with Crippen molar-refractivity contribution in [3.63, 3.8) is 0 Å². The third-order valence-electron chi connectivity index (χ3n) is 3.54. The molecule has 0 fully saturated rings. The van der Waals surface area contributed by atoms with Crippen LogP contribution in [-0.4, -0.2) is 44.7 Å². The maximum absolute atomic E-state index is 11.1. The predicted octanol–water partition coefficient (Wildman–Crippen LogP) is 2.05. The quantitative estimate of drug-likeness (QED) is 0.762. The topological polar surface area (TPSA) is 38.8 Å². The van der Waals surface area contributed by atoms with Gasteiger partial charge in [-0.25, -0.2) is 0 Å². The van der Waals surface area contributed by atoms with Gasteiger partial charge in [0.2, 0.25) is 0 Å². The molecule has 0 aromatic heterocycles. The second-order valence-corrected chi connectivity index (χ2v) is 4.96. The Bertz CT molecular complexity index is 433. The summed E-state index contributed by atoms with van der Waals surface area (Å²) in [6.45, 7) is 2.44. The van der Waals surface area contributed by atoms with Crippen LogP contribution in [0.2, 0.25) is 0 Å². The number of hydrogen-bond acceptors (Lipinski definition) is 4. The number of rotatable bonds is 5. The van der Waals surface area contributed by atoms with Gasteiger partial charge in [-0.15, -0.1) is 0 Å². The van der Waals surface area contributed by atoms with E-state index in [1.54, 1.807) is 0 Å². The van der Waals surface area contributed by atoms with Gasteiger partial charge in [-0.05, 0) is 25.1 Å². The molecule has 0 amide bonds. The second kappa shape index (κ2) is 6.57. The van der Waals surface area contributed by atoms with Crippen molar-refractivity contribution in [2.75, 3.05) is 33.9 Å². The molecule has 1 heterocycles. The molecule has 1 aliphatic heterocycles. The fourth-order valence-electron chi connectivity index (χ4n) is 2.46. The second-order valence-electron chi connectivity index (χ2n) is 4.96. The van der Waals surface area contributed by atoms with Crippen LogP contribution in [0, 0.1) is 0 Å². The van der Waals surface area contributed by atoms with E-state index in [1.807, 2.05) is 19.2 Å². The van der Waals surface area contributed by atoms with Gasteiger partial charge < -0.3 is 14.4 Å². The monoisotopic (exact) mass is 263 g/mol. The first kappa shape index (κ1) is 13.9. The van der Waals surface area contributed by atoms with Crippen LogP contribution in [0.4, 0.5) is 0 Å². The van der Waals surface area contributed by atoms with E-state index in [0.717, 1.165) is 31.9 Å². The Kier molecular flexibility index (Phi) is 4.80. The fourth-order valence-corrected chi connectivity index (χ4v) is 2.46. The summed E-state index contributed by atoms with van der Waals surface area (Å²) in [5.74, 6) is 1.33. The zero-order valence-electron chi connectivity index (χ0n) is 11.6. The molecule has 0 N–H and O–H groups in total. The lowest BCUT2D eigenvalue weighted by atomic mass is 9.92.